The molecule has 84 valence electrons. The summed E-state index contributed by atoms with van der Waals surface area (Å²) < 4.78 is 5.42. The van der Waals surface area contributed by atoms with Gasteiger partial charge in [-0.25, -0.2) is 0 Å². The van der Waals surface area contributed by atoms with E-state index in [1.165, 1.54) is 4.90 Å². The summed E-state index contributed by atoms with van der Waals surface area (Å²) in [5.41, 5.74) is 0. The molecule has 0 aliphatic heterocycles. The van der Waals surface area contributed by atoms with Crippen molar-refractivity contribution in [3.05, 3.63) is 42.1 Å². The zero-order chi connectivity index (χ0) is 11.2. The van der Waals surface area contributed by atoms with E-state index >= 15 is 0 Å². The lowest BCUT2D eigenvalue weighted by atomic mass is 10.4. The number of hydrogen-bond donors (Lipinski definition) is 0. The predicted octanol–water partition coefficient (Wildman–Crippen LogP) is 3.14. The third-order valence-corrected chi connectivity index (χ3v) is 3.11. The van der Waals surface area contributed by atoms with Crippen molar-refractivity contribution in [2.75, 3.05) is 5.88 Å². The van der Waals surface area contributed by atoms with Gasteiger partial charge in [0.25, 0.3) is 0 Å². The van der Waals surface area contributed by atoms with Crippen molar-refractivity contribution in [3.8, 4) is 0 Å². The fourth-order valence-electron chi connectivity index (χ4n) is 1.19. The third-order valence-electron chi connectivity index (χ3n) is 1.92. The molecule has 0 unspecified atom stereocenters. The summed E-state index contributed by atoms with van der Waals surface area (Å²) in [6, 6.07) is 10.1. The smallest absolute Gasteiger partial charge is 0.226 e. The maximum Gasteiger partial charge on any atom is 0.226 e. The summed E-state index contributed by atoms with van der Waals surface area (Å²) in [5, 5.41) is 7.86. The van der Waals surface area contributed by atoms with Gasteiger partial charge in [-0.3, -0.25) is 0 Å². The lowest BCUT2D eigenvalue weighted by Gasteiger charge is -1.96. The van der Waals surface area contributed by atoms with E-state index in [1.54, 1.807) is 11.8 Å². The standard InChI is InChI=1S/C11H11ClN2OS/c12-7-6-10-13-14-11(15-10)8-16-9-4-2-1-3-5-9/h1-5H,6-8H2. The first kappa shape index (κ1) is 11.5. The Labute approximate surface area is 103 Å². The van der Waals surface area contributed by atoms with E-state index in [4.69, 9.17) is 16.0 Å². The van der Waals surface area contributed by atoms with E-state index in [-0.39, 0.29) is 0 Å². The Balaban J connectivity index is 1.89. The number of aryl methyl sites for hydroxylation is 1. The Bertz CT molecular complexity index is 433. The highest BCUT2D eigenvalue weighted by molar-refractivity contribution is 7.98. The average Bonchev–Trinajstić information content (AvgIpc) is 2.76. The lowest BCUT2D eigenvalue weighted by molar-refractivity contribution is 0.470. The minimum atomic E-state index is 0.507. The second-order valence-electron chi connectivity index (χ2n) is 3.13. The second-order valence-corrected chi connectivity index (χ2v) is 4.56. The number of hydrogen-bond acceptors (Lipinski definition) is 4. The highest BCUT2D eigenvalue weighted by atomic mass is 35.5. The molecule has 0 radical (unpaired) electrons. The number of halogens is 1. The van der Waals surface area contributed by atoms with Crippen LogP contribution in [0.25, 0.3) is 0 Å². The zero-order valence-corrected chi connectivity index (χ0v) is 10.2. The van der Waals surface area contributed by atoms with E-state index in [2.05, 4.69) is 22.3 Å². The molecule has 0 saturated heterocycles. The summed E-state index contributed by atoms with van der Waals surface area (Å²) in [6.45, 7) is 0. The molecule has 0 amide bonds. The first-order chi connectivity index (χ1) is 7.88. The number of aromatic nitrogens is 2. The molecule has 0 aliphatic carbocycles. The number of alkyl halides is 1. The molecular weight excluding hydrogens is 244 g/mol. The van der Waals surface area contributed by atoms with Gasteiger partial charge < -0.3 is 4.42 Å². The average molecular weight is 255 g/mol. The normalized spacial score (nSPS) is 10.6. The highest BCUT2D eigenvalue weighted by Gasteiger charge is 2.05. The van der Waals surface area contributed by atoms with Crippen LogP contribution in [-0.2, 0) is 12.2 Å². The van der Waals surface area contributed by atoms with Crippen molar-refractivity contribution < 1.29 is 4.42 Å². The molecule has 1 heterocycles. The van der Waals surface area contributed by atoms with E-state index < -0.39 is 0 Å². The van der Waals surface area contributed by atoms with E-state index in [9.17, 15) is 0 Å². The summed E-state index contributed by atoms with van der Waals surface area (Å²) >= 11 is 7.26. The van der Waals surface area contributed by atoms with Crippen LogP contribution in [0, 0.1) is 0 Å². The van der Waals surface area contributed by atoms with Crippen LogP contribution in [0.5, 0.6) is 0 Å². The van der Waals surface area contributed by atoms with E-state index in [0.717, 1.165) is 0 Å². The van der Waals surface area contributed by atoms with Crippen LogP contribution in [0.2, 0.25) is 0 Å². The Morgan fingerprint density at radius 2 is 1.88 bits per heavy atom. The quantitative estimate of drug-likeness (QED) is 0.607. The van der Waals surface area contributed by atoms with Gasteiger partial charge in [-0.05, 0) is 12.1 Å². The molecule has 0 N–H and O–H groups in total. The van der Waals surface area contributed by atoms with Crippen LogP contribution in [0.1, 0.15) is 11.8 Å². The van der Waals surface area contributed by atoms with E-state index in [0.29, 0.717) is 29.8 Å². The van der Waals surface area contributed by atoms with Crippen LogP contribution in [-0.4, -0.2) is 16.1 Å². The topological polar surface area (TPSA) is 38.9 Å². The van der Waals surface area contributed by atoms with Gasteiger partial charge in [-0.2, -0.15) is 0 Å². The molecule has 5 heteroatoms. The molecule has 16 heavy (non-hydrogen) atoms. The molecular formula is C11H11ClN2OS. The number of thioether (sulfide) groups is 1. The molecule has 0 spiro atoms. The molecule has 0 saturated carbocycles. The molecule has 2 rings (SSSR count). The number of rotatable bonds is 5. The molecule has 0 fully saturated rings. The Morgan fingerprint density at radius 3 is 2.62 bits per heavy atom. The minimum absolute atomic E-state index is 0.507. The van der Waals surface area contributed by atoms with Gasteiger partial charge in [-0.1, -0.05) is 18.2 Å². The third kappa shape index (κ3) is 3.25. The summed E-state index contributed by atoms with van der Waals surface area (Å²) in [5.74, 6) is 2.46. The van der Waals surface area contributed by atoms with Gasteiger partial charge in [0.05, 0.1) is 5.75 Å². The lowest BCUT2D eigenvalue weighted by Crippen LogP contribution is -1.84. The molecule has 3 nitrogen and oxygen atoms in total. The Hall–Kier alpha value is -1.00. The van der Waals surface area contributed by atoms with Crippen molar-refractivity contribution in [3.63, 3.8) is 0 Å². The minimum Gasteiger partial charge on any atom is -0.424 e. The molecule has 1 aromatic heterocycles. The van der Waals surface area contributed by atoms with Crippen molar-refractivity contribution in [1.29, 1.82) is 0 Å². The largest absolute Gasteiger partial charge is 0.424 e. The Kier molecular flexibility index (Phi) is 4.25. The predicted molar refractivity (Wildman–Crippen MR) is 64.7 cm³/mol. The summed E-state index contributed by atoms with van der Waals surface area (Å²) in [7, 11) is 0. The fourth-order valence-corrected chi connectivity index (χ4v) is 2.11. The van der Waals surface area contributed by atoms with Crippen LogP contribution < -0.4 is 0 Å². The highest BCUT2D eigenvalue weighted by Crippen LogP contribution is 2.21. The maximum atomic E-state index is 5.59. The SMILES string of the molecule is ClCCc1nnc(CSc2ccccc2)o1. The van der Waals surface area contributed by atoms with Crippen molar-refractivity contribution in [2.24, 2.45) is 0 Å². The number of benzene rings is 1. The Morgan fingerprint density at radius 1 is 1.12 bits per heavy atom. The van der Waals surface area contributed by atoms with Gasteiger partial charge in [0.1, 0.15) is 0 Å². The molecule has 0 bridgehead atoms. The fraction of sp³-hybridized carbons (Fsp3) is 0.273. The van der Waals surface area contributed by atoms with Crippen LogP contribution in [0.15, 0.2) is 39.6 Å². The van der Waals surface area contributed by atoms with Gasteiger partial charge in [0.2, 0.25) is 11.8 Å². The molecule has 0 atom stereocenters. The summed E-state index contributed by atoms with van der Waals surface area (Å²) in [4.78, 5) is 1.19. The van der Waals surface area contributed by atoms with Gasteiger partial charge in [-0.15, -0.1) is 33.6 Å². The van der Waals surface area contributed by atoms with Crippen LogP contribution in [0.3, 0.4) is 0 Å². The molecule has 0 aliphatic rings. The first-order valence-corrected chi connectivity index (χ1v) is 6.45. The van der Waals surface area contributed by atoms with Crippen LogP contribution >= 0.6 is 23.4 Å². The number of nitrogens with zero attached hydrogens (tertiary/aromatic N) is 2. The van der Waals surface area contributed by atoms with Gasteiger partial charge in [0.15, 0.2) is 0 Å². The van der Waals surface area contributed by atoms with Gasteiger partial charge in [0, 0.05) is 17.2 Å². The van der Waals surface area contributed by atoms with Gasteiger partial charge >= 0.3 is 0 Å². The molecule has 2 aromatic rings. The van der Waals surface area contributed by atoms with Crippen LogP contribution in [0.4, 0.5) is 0 Å². The summed E-state index contributed by atoms with van der Waals surface area (Å²) in [6.07, 6.45) is 0.630. The first-order valence-electron chi connectivity index (χ1n) is 4.93. The van der Waals surface area contributed by atoms with Crippen molar-refractivity contribution in [1.82, 2.24) is 10.2 Å². The van der Waals surface area contributed by atoms with Crippen molar-refractivity contribution in [2.45, 2.75) is 17.1 Å². The zero-order valence-electron chi connectivity index (χ0n) is 8.60. The molecule has 1 aromatic carbocycles. The monoisotopic (exact) mass is 254 g/mol. The van der Waals surface area contributed by atoms with Crippen molar-refractivity contribution >= 4 is 23.4 Å². The van der Waals surface area contributed by atoms with E-state index in [1.807, 2.05) is 18.2 Å². The maximum absolute atomic E-state index is 5.59. The second kappa shape index (κ2) is 5.92.